The van der Waals surface area contributed by atoms with E-state index < -0.39 is 21.7 Å². The second-order valence-electron chi connectivity index (χ2n) is 5.97. The van der Waals surface area contributed by atoms with Crippen molar-refractivity contribution in [3.63, 3.8) is 0 Å². The lowest BCUT2D eigenvalue weighted by Crippen LogP contribution is -2.35. The maximum Gasteiger partial charge on any atom is 0.205 e. The minimum absolute atomic E-state index is 0.222. The molecule has 112 valence electrons. The molecule has 0 spiro atoms. The number of rotatable bonds is 2. The Hall–Kier alpha value is -1.21. The highest BCUT2D eigenvalue weighted by Gasteiger charge is 2.60. The van der Waals surface area contributed by atoms with Crippen LogP contribution in [-0.4, -0.2) is 38.6 Å². The number of ether oxygens (including phenoxy) is 3. The highest BCUT2D eigenvalue weighted by Crippen LogP contribution is 2.47. The quantitative estimate of drug-likeness (QED) is 0.831. The molecule has 0 aliphatic carbocycles. The van der Waals surface area contributed by atoms with Crippen molar-refractivity contribution >= 4 is 9.84 Å². The molecule has 21 heavy (non-hydrogen) atoms. The van der Waals surface area contributed by atoms with Crippen molar-refractivity contribution < 1.29 is 22.6 Å². The molecule has 2 fully saturated rings. The van der Waals surface area contributed by atoms with Gasteiger partial charge in [-0.25, -0.2) is 8.42 Å². The van der Waals surface area contributed by atoms with Crippen LogP contribution in [-0.2, 0) is 24.0 Å². The van der Waals surface area contributed by atoms with Gasteiger partial charge in [0.2, 0.25) is 9.84 Å². The SMILES string of the molecule is CC1(C)O[C@@H]2[C@H](O1)[C@@H]1O[C@H]2C=C1S(=O)(=O)c1ccccc1. The molecule has 6 heteroatoms. The third kappa shape index (κ3) is 1.90. The summed E-state index contributed by atoms with van der Waals surface area (Å²) in [5.41, 5.74) is 0. The molecule has 3 heterocycles. The zero-order valence-electron chi connectivity index (χ0n) is 11.7. The molecule has 3 aliphatic heterocycles. The number of hydrogen-bond donors (Lipinski definition) is 0. The largest absolute Gasteiger partial charge is 0.360 e. The summed E-state index contributed by atoms with van der Waals surface area (Å²) in [6.45, 7) is 3.66. The Morgan fingerprint density at radius 2 is 1.71 bits per heavy atom. The van der Waals surface area contributed by atoms with E-state index in [-0.39, 0.29) is 23.2 Å². The van der Waals surface area contributed by atoms with Gasteiger partial charge in [0.15, 0.2) is 5.79 Å². The van der Waals surface area contributed by atoms with Crippen LogP contribution in [0.4, 0.5) is 0 Å². The van der Waals surface area contributed by atoms with Gasteiger partial charge in [-0.05, 0) is 32.1 Å². The molecule has 2 bridgehead atoms. The highest BCUT2D eigenvalue weighted by molar-refractivity contribution is 7.95. The van der Waals surface area contributed by atoms with Crippen LogP contribution in [0.3, 0.4) is 0 Å². The molecule has 0 amide bonds. The van der Waals surface area contributed by atoms with Crippen LogP contribution in [0.1, 0.15) is 13.8 Å². The van der Waals surface area contributed by atoms with E-state index in [1.807, 2.05) is 13.8 Å². The van der Waals surface area contributed by atoms with Gasteiger partial charge in [0.25, 0.3) is 0 Å². The molecule has 0 N–H and O–H groups in total. The molecule has 2 saturated heterocycles. The second kappa shape index (κ2) is 4.16. The van der Waals surface area contributed by atoms with E-state index >= 15 is 0 Å². The maximum atomic E-state index is 12.7. The molecule has 0 aromatic heterocycles. The third-order valence-electron chi connectivity index (χ3n) is 4.06. The van der Waals surface area contributed by atoms with Gasteiger partial charge in [0.1, 0.15) is 24.4 Å². The molecule has 0 saturated carbocycles. The van der Waals surface area contributed by atoms with Crippen molar-refractivity contribution in [2.75, 3.05) is 0 Å². The first-order chi connectivity index (χ1) is 9.88. The van der Waals surface area contributed by atoms with Gasteiger partial charge >= 0.3 is 0 Å². The van der Waals surface area contributed by atoms with E-state index in [0.717, 1.165) is 0 Å². The Kier molecular flexibility index (Phi) is 2.67. The summed E-state index contributed by atoms with van der Waals surface area (Å²) in [5.74, 6) is -0.699. The fourth-order valence-electron chi connectivity index (χ4n) is 3.23. The number of benzene rings is 1. The number of fused-ring (bicyclic) bond motifs is 5. The Bertz CT molecular complexity index is 707. The Morgan fingerprint density at radius 3 is 2.43 bits per heavy atom. The van der Waals surface area contributed by atoms with Crippen LogP contribution in [0.2, 0.25) is 0 Å². The van der Waals surface area contributed by atoms with Crippen LogP contribution in [0.25, 0.3) is 0 Å². The predicted octanol–water partition coefficient (Wildman–Crippen LogP) is 1.65. The van der Waals surface area contributed by atoms with Crippen LogP contribution >= 0.6 is 0 Å². The number of hydrogen-bond acceptors (Lipinski definition) is 5. The molecule has 3 aliphatic rings. The number of sulfone groups is 1. The molecule has 4 rings (SSSR count). The summed E-state index contributed by atoms with van der Waals surface area (Å²) in [5, 5.41) is 0. The lowest BCUT2D eigenvalue weighted by atomic mass is 10.0. The van der Waals surface area contributed by atoms with E-state index in [1.54, 1.807) is 36.4 Å². The third-order valence-corrected chi connectivity index (χ3v) is 5.94. The second-order valence-corrected chi connectivity index (χ2v) is 7.92. The molecule has 0 unspecified atom stereocenters. The van der Waals surface area contributed by atoms with Crippen molar-refractivity contribution in [3.8, 4) is 0 Å². The van der Waals surface area contributed by atoms with Crippen molar-refractivity contribution in [3.05, 3.63) is 41.3 Å². The molecule has 0 radical (unpaired) electrons. The predicted molar refractivity (Wildman–Crippen MR) is 74.2 cm³/mol. The summed E-state index contributed by atoms with van der Waals surface area (Å²) >= 11 is 0. The van der Waals surface area contributed by atoms with E-state index in [1.165, 1.54) is 0 Å². The average Bonchev–Trinajstić information content (AvgIpc) is 3.08. The fraction of sp³-hybridized carbons (Fsp3) is 0.467. The summed E-state index contributed by atoms with van der Waals surface area (Å²) in [6.07, 6.45) is 0.157. The van der Waals surface area contributed by atoms with Crippen molar-refractivity contribution in [2.45, 2.75) is 48.9 Å². The topological polar surface area (TPSA) is 61.8 Å². The lowest BCUT2D eigenvalue weighted by Gasteiger charge is -2.21. The minimum atomic E-state index is -3.54. The van der Waals surface area contributed by atoms with Crippen LogP contribution in [0, 0.1) is 0 Å². The molecule has 4 atom stereocenters. The van der Waals surface area contributed by atoms with Gasteiger partial charge in [-0.15, -0.1) is 0 Å². The first kappa shape index (κ1) is 13.5. The van der Waals surface area contributed by atoms with Gasteiger partial charge in [-0.1, -0.05) is 18.2 Å². The Balaban J connectivity index is 1.71. The van der Waals surface area contributed by atoms with E-state index in [4.69, 9.17) is 14.2 Å². The van der Waals surface area contributed by atoms with Crippen LogP contribution < -0.4 is 0 Å². The van der Waals surface area contributed by atoms with Crippen molar-refractivity contribution in [1.29, 1.82) is 0 Å². The van der Waals surface area contributed by atoms with Gasteiger partial charge in [-0.3, -0.25) is 0 Å². The van der Waals surface area contributed by atoms with Crippen molar-refractivity contribution in [1.82, 2.24) is 0 Å². The minimum Gasteiger partial charge on any atom is -0.360 e. The highest BCUT2D eigenvalue weighted by atomic mass is 32.2. The first-order valence-electron chi connectivity index (χ1n) is 6.91. The standard InChI is InChI=1S/C15H16O5S/c1-15(2)19-12-10-8-11(13(18-10)14(12)20-15)21(16,17)9-6-4-3-5-7-9/h3-8,10,12-14H,1-2H3/t10-,12-,13+,14-/m0/s1. The summed E-state index contributed by atoms with van der Waals surface area (Å²) in [7, 11) is -3.54. The zero-order valence-corrected chi connectivity index (χ0v) is 12.5. The average molecular weight is 308 g/mol. The van der Waals surface area contributed by atoms with Crippen molar-refractivity contribution in [2.24, 2.45) is 0 Å². The summed E-state index contributed by atoms with van der Waals surface area (Å²) in [6, 6.07) is 8.40. The van der Waals surface area contributed by atoms with Gasteiger partial charge in [0.05, 0.1) is 9.80 Å². The lowest BCUT2D eigenvalue weighted by molar-refractivity contribution is -0.174. The van der Waals surface area contributed by atoms with Crippen LogP contribution in [0.15, 0.2) is 46.2 Å². The molecule has 1 aromatic rings. The molecule has 5 nitrogen and oxygen atoms in total. The Labute approximate surface area is 123 Å². The molecular formula is C15H16O5S. The monoisotopic (exact) mass is 308 g/mol. The van der Waals surface area contributed by atoms with E-state index in [0.29, 0.717) is 4.91 Å². The van der Waals surface area contributed by atoms with Crippen LogP contribution in [0.5, 0.6) is 0 Å². The van der Waals surface area contributed by atoms with Gasteiger partial charge in [0, 0.05) is 0 Å². The molecule has 1 aromatic carbocycles. The van der Waals surface area contributed by atoms with E-state index in [9.17, 15) is 8.42 Å². The fourth-order valence-corrected chi connectivity index (χ4v) is 4.82. The smallest absolute Gasteiger partial charge is 0.205 e. The maximum absolute atomic E-state index is 12.7. The van der Waals surface area contributed by atoms with Gasteiger partial charge < -0.3 is 14.2 Å². The first-order valence-corrected chi connectivity index (χ1v) is 8.40. The zero-order chi connectivity index (χ0) is 14.8. The van der Waals surface area contributed by atoms with E-state index in [2.05, 4.69) is 0 Å². The normalized spacial score (nSPS) is 36.6. The van der Waals surface area contributed by atoms with Gasteiger partial charge in [-0.2, -0.15) is 0 Å². The summed E-state index contributed by atoms with van der Waals surface area (Å²) in [4.78, 5) is 0.573. The Morgan fingerprint density at radius 1 is 1.05 bits per heavy atom. The summed E-state index contributed by atoms with van der Waals surface area (Å²) < 4.78 is 42.8. The molecular weight excluding hydrogens is 292 g/mol.